The van der Waals surface area contributed by atoms with Crippen LogP contribution in [0.4, 0.5) is 8.78 Å². The fourth-order valence-electron chi connectivity index (χ4n) is 1.55. The molecule has 0 aliphatic heterocycles. The van der Waals surface area contributed by atoms with Crippen molar-refractivity contribution >= 4 is 0 Å². The van der Waals surface area contributed by atoms with Crippen LogP contribution in [0.1, 0.15) is 30.7 Å². The highest BCUT2D eigenvalue weighted by Crippen LogP contribution is 2.37. The van der Waals surface area contributed by atoms with E-state index in [1.54, 1.807) is 0 Å². The predicted molar refractivity (Wildman–Crippen MR) is 43.0 cm³/mol. The molecule has 0 aromatic heterocycles. The molecular weight excluding hydrogens is 158 g/mol. The molecule has 1 aromatic rings. The first kappa shape index (κ1) is 7.71. The van der Waals surface area contributed by atoms with Crippen LogP contribution in [0.15, 0.2) is 18.2 Å². The molecule has 0 amide bonds. The number of halogens is 2. The van der Waals surface area contributed by atoms with E-state index in [0.717, 1.165) is 25.3 Å². The summed E-state index contributed by atoms with van der Waals surface area (Å²) in [4.78, 5) is 0. The van der Waals surface area contributed by atoms with Crippen molar-refractivity contribution in [2.45, 2.75) is 25.2 Å². The largest absolute Gasteiger partial charge is 0.207 e. The van der Waals surface area contributed by atoms with Crippen LogP contribution in [0.25, 0.3) is 0 Å². The molecule has 2 rings (SSSR count). The van der Waals surface area contributed by atoms with Crippen molar-refractivity contribution in [1.82, 2.24) is 0 Å². The first-order valence-corrected chi connectivity index (χ1v) is 4.22. The summed E-state index contributed by atoms with van der Waals surface area (Å²) < 4.78 is 25.8. The van der Waals surface area contributed by atoms with Gasteiger partial charge in [-0.25, -0.2) is 8.78 Å². The van der Waals surface area contributed by atoms with E-state index in [9.17, 15) is 8.78 Å². The number of rotatable bonds is 1. The second-order valence-electron chi connectivity index (χ2n) is 3.29. The minimum absolute atomic E-state index is 0.263. The van der Waals surface area contributed by atoms with E-state index >= 15 is 0 Å². The molecule has 1 aromatic carbocycles. The second-order valence-corrected chi connectivity index (χ2v) is 3.29. The maximum Gasteiger partial charge on any atom is 0.126 e. The molecule has 0 radical (unpaired) electrons. The SMILES string of the molecule is Fc1ccc(F)c(C2CCC2)c1. The molecule has 0 nitrogen and oxygen atoms in total. The quantitative estimate of drug-likeness (QED) is 0.603. The number of hydrogen-bond donors (Lipinski definition) is 0. The smallest absolute Gasteiger partial charge is 0.126 e. The standard InChI is InChI=1S/C10H10F2/c11-8-4-5-10(12)9(6-8)7-2-1-3-7/h4-7H,1-3H2. The maximum atomic E-state index is 13.1. The molecule has 0 heterocycles. The van der Waals surface area contributed by atoms with Gasteiger partial charge in [0, 0.05) is 0 Å². The van der Waals surface area contributed by atoms with Crippen molar-refractivity contribution in [3.05, 3.63) is 35.4 Å². The normalized spacial score (nSPS) is 17.5. The highest BCUT2D eigenvalue weighted by atomic mass is 19.1. The lowest BCUT2D eigenvalue weighted by atomic mass is 9.80. The molecule has 0 saturated heterocycles. The zero-order valence-corrected chi connectivity index (χ0v) is 6.69. The molecule has 1 fully saturated rings. The summed E-state index contributed by atoms with van der Waals surface area (Å²) in [7, 11) is 0. The van der Waals surface area contributed by atoms with Crippen LogP contribution in [0.5, 0.6) is 0 Å². The molecule has 12 heavy (non-hydrogen) atoms. The van der Waals surface area contributed by atoms with E-state index in [4.69, 9.17) is 0 Å². The number of benzene rings is 1. The van der Waals surface area contributed by atoms with Gasteiger partial charge in [0.25, 0.3) is 0 Å². The topological polar surface area (TPSA) is 0 Å². The van der Waals surface area contributed by atoms with Gasteiger partial charge in [0.2, 0.25) is 0 Å². The van der Waals surface area contributed by atoms with Crippen LogP contribution < -0.4 is 0 Å². The summed E-state index contributed by atoms with van der Waals surface area (Å²) >= 11 is 0. The monoisotopic (exact) mass is 168 g/mol. The Hall–Kier alpha value is -0.920. The van der Waals surface area contributed by atoms with E-state index in [1.165, 1.54) is 12.1 Å². The third-order valence-corrected chi connectivity index (χ3v) is 2.50. The second kappa shape index (κ2) is 2.85. The Bertz CT molecular complexity index is 290. The molecule has 0 N–H and O–H groups in total. The van der Waals surface area contributed by atoms with Gasteiger partial charge < -0.3 is 0 Å². The lowest BCUT2D eigenvalue weighted by molar-refractivity contribution is 0.402. The van der Waals surface area contributed by atoms with Crippen LogP contribution >= 0.6 is 0 Å². The Kier molecular flexibility index (Phi) is 1.83. The van der Waals surface area contributed by atoms with Gasteiger partial charge in [0.05, 0.1) is 0 Å². The Morgan fingerprint density at radius 3 is 2.50 bits per heavy atom. The zero-order chi connectivity index (χ0) is 8.55. The van der Waals surface area contributed by atoms with E-state index in [2.05, 4.69) is 0 Å². The summed E-state index contributed by atoms with van der Waals surface area (Å²) in [6, 6.07) is 3.69. The van der Waals surface area contributed by atoms with Crippen molar-refractivity contribution in [1.29, 1.82) is 0 Å². The summed E-state index contributed by atoms with van der Waals surface area (Å²) in [5, 5.41) is 0. The van der Waals surface area contributed by atoms with E-state index in [1.807, 2.05) is 0 Å². The summed E-state index contributed by atoms with van der Waals surface area (Å²) in [5.41, 5.74) is 0.557. The van der Waals surface area contributed by atoms with Gasteiger partial charge in [-0.1, -0.05) is 6.42 Å². The fourth-order valence-corrected chi connectivity index (χ4v) is 1.55. The summed E-state index contributed by atoms with van der Waals surface area (Å²) in [5.74, 6) is -0.333. The molecule has 0 atom stereocenters. The van der Waals surface area contributed by atoms with E-state index < -0.39 is 0 Å². The van der Waals surface area contributed by atoms with Gasteiger partial charge in [-0.05, 0) is 42.5 Å². The van der Waals surface area contributed by atoms with E-state index in [0.29, 0.717) is 5.56 Å². The fraction of sp³-hybridized carbons (Fsp3) is 0.400. The van der Waals surface area contributed by atoms with Gasteiger partial charge in [0.15, 0.2) is 0 Å². The van der Waals surface area contributed by atoms with Crippen molar-refractivity contribution in [3.63, 3.8) is 0 Å². The van der Waals surface area contributed by atoms with Crippen LogP contribution in [-0.2, 0) is 0 Å². The number of hydrogen-bond acceptors (Lipinski definition) is 0. The third-order valence-electron chi connectivity index (χ3n) is 2.50. The Morgan fingerprint density at radius 2 is 1.92 bits per heavy atom. The van der Waals surface area contributed by atoms with Gasteiger partial charge in [-0.2, -0.15) is 0 Å². The van der Waals surface area contributed by atoms with Gasteiger partial charge in [-0.3, -0.25) is 0 Å². The molecule has 2 heteroatoms. The highest BCUT2D eigenvalue weighted by molar-refractivity contribution is 5.24. The average Bonchev–Trinajstić information content (AvgIpc) is 1.93. The van der Waals surface area contributed by atoms with Crippen molar-refractivity contribution in [2.24, 2.45) is 0 Å². The van der Waals surface area contributed by atoms with Gasteiger partial charge in [-0.15, -0.1) is 0 Å². The Morgan fingerprint density at radius 1 is 1.17 bits per heavy atom. The van der Waals surface area contributed by atoms with Gasteiger partial charge in [0.1, 0.15) is 11.6 Å². The minimum Gasteiger partial charge on any atom is -0.207 e. The van der Waals surface area contributed by atoms with Crippen molar-refractivity contribution in [3.8, 4) is 0 Å². The van der Waals surface area contributed by atoms with Crippen molar-refractivity contribution in [2.75, 3.05) is 0 Å². The van der Waals surface area contributed by atoms with Crippen LogP contribution in [-0.4, -0.2) is 0 Å². The lowest BCUT2D eigenvalue weighted by Crippen LogP contribution is -2.10. The summed E-state index contributed by atoms with van der Waals surface area (Å²) in [6.45, 7) is 0. The molecule has 1 aliphatic carbocycles. The average molecular weight is 168 g/mol. The minimum atomic E-state index is -0.335. The first-order chi connectivity index (χ1) is 5.77. The molecule has 0 unspecified atom stereocenters. The first-order valence-electron chi connectivity index (χ1n) is 4.22. The van der Waals surface area contributed by atoms with Crippen LogP contribution in [0.2, 0.25) is 0 Å². The highest BCUT2D eigenvalue weighted by Gasteiger charge is 2.22. The molecule has 64 valence electrons. The molecule has 0 bridgehead atoms. The zero-order valence-electron chi connectivity index (χ0n) is 6.69. The van der Waals surface area contributed by atoms with Crippen LogP contribution in [0, 0.1) is 11.6 Å². The molecule has 1 saturated carbocycles. The Labute approximate surface area is 70.2 Å². The third kappa shape index (κ3) is 1.22. The Balaban J connectivity index is 2.34. The van der Waals surface area contributed by atoms with E-state index in [-0.39, 0.29) is 17.6 Å². The summed E-state index contributed by atoms with van der Waals surface area (Å²) in [6.07, 6.45) is 3.14. The van der Waals surface area contributed by atoms with Gasteiger partial charge >= 0.3 is 0 Å². The molecular formula is C10H10F2. The van der Waals surface area contributed by atoms with Crippen LogP contribution in [0.3, 0.4) is 0 Å². The maximum absolute atomic E-state index is 13.1. The molecule has 0 spiro atoms. The lowest BCUT2D eigenvalue weighted by Gasteiger charge is -2.25. The predicted octanol–water partition coefficient (Wildman–Crippen LogP) is 3.23. The molecule has 1 aliphatic rings. The van der Waals surface area contributed by atoms with Crippen molar-refractivity contribution < 1.29 is 8.78 Å².